The van der Waals surface area contributed by atoms with Gasteiger partial charge in [-0.1, -0.05) is 37.3 Å². The lowest BCUT2D eigenvalue weighted by molar-refractivity contribution is -0.133. The molecule has 108 valence electrons. The highest BCUT2D eigenvalue weighted by Crippen LogP contribution is 2.12. The van der Waals surface area contributed by atoms with E-state index in [0.717, 1.165) is 13.0 Å². The first-order valence-electron chi connectivity index (χ1n) is 6.67. The first-order chi connectivity index (χ1) is 8.69. The molecule has 1 unspecified atom stereocenters. The van der Waals surface area contributed by atoms with Gasteiger partial charge in [0.25, 0.3) is 0 Å². The quantitative estimate of drug-likeness (QED) is 0.835. The van der Waals surface area contributed by atoms with Crippen molar-refractivity contribution in [3.05, 3.63) is 35.9 Å². The minimum absolute atomic E-state index is 0. The molecule has 0 aromatic heterocycles. The predicted octanol–water partition coefficient (Wildman–Crippen LogP) is 2.85. The van der Waals surface area contributed by atoms with E-state index in [1.165, 1.54) is 5.56 Å². The van der Waals surface area contributed by atoms with Gasteiger partial charge in [-0.2, -0.15) is 0 Å². The minimum Gasteiger partial charge on any atom is -0.336 e. The second-order valence-electron chi connectivity index (χ2n) is 4.62. The molecule has 0 radical (unpaired) electrons. The normalized spacial score (nSPS) is 11.5. The minimum atomic E-state index is 0. The number of halogens is 1. The lowest BCUT2D eigenvalue weighted by atomic mass is 10.1. The van der Waals surface area contributed by atoms with Crippen LogP contribution in [0.15, 0.2) is 30.3 Å². The number of benzene rings is 1. The summed E-state index contributed by atoms with van der Waals surface area (Å²) in [6.07, 6.45) is 1.55. The van der Waals surface area contributed by atoms with Gasteiger partial charge in [0, 0.05) is 25.6 Å². The molecule has 1 amide bonds. The van der Waals surface area contributed by atoms with Crippen molar-refractivity contribution in [2.45, 2.75) is 39.3 Å². The van der Waals surface area contributed by atoms with Crippen molar-refractivity contribution in [1.82, 2.24) is 10.2 Å². The van der Waals surface area contributed by atoms with E-state index in [0.29, 0.717) is 13.0 Å². The molecule has 1 atom stereocenters. The summed E-state index contributed by atoms with van der Waals surface area (Å²) in [5.41, 5.74) is 1.19. The van der Waals surface area contributed by atoms with Crippen molar-refractivity contribution in [3.8, 4) is 0 Å². The van der Waals surface area contributed by atoms with Gasteiger partial charge in [0.05, 0.1) is 0 Å². The van der Waals surface area contributed by atoms with Gasteiger partial charge < -0.3 is 10.2 Å². The first-order valence-corrected chi connectivity index (χ1v) is 6.67. The Balaban J connectivity index is 0.00000324. The third-order valence-corrected chi connectivity index (χ3v) is 3.23. The van der Waals surface area contributed by atoms with Crippen LogP contribution in [0.25, 0.3) is 0 Å². The molecule has 0 spiro atoms. The largest absolute Gasteiger partial charge is 0.336 e. The molecule has 0 saturated heterocycles. The lowest BCUT2D eigenvalue weighted by Crippen LogP contribution is -2.38. The van der Waals surface area contributed by atoms with E-state index in [-0.39, 0.29) is 24.4 Å². The molecule has 19 heavy (non-hydrogen) atoms. The van der Waals surface area contributed by atoms with Crippen LogP contribution in [0.1, 0.15) is 32.3 Å². The molecule has 0 aliphatic carbocycles. The summed E-state index contributed by atoms with van der Waals surface area (Å²) < 4.78 is 0. The average molecular weight is 285 g/mol. The van der Waals surface area contributed by atoms with Crippen molar-refractivity contribution in [1.29, 1.82) is 0 Å². The number of amides is 1. The monoisotopic (exact) mass is 284 g/mol. The molecule has 0 saturated carbocycles. The smallest absolute Gasteiger partial charge is 0.224 e. The van der Waals surface area contributed by atoms with Crippen LogP contribution in [-0.4, -0.2) is 30.4 Å². The maximum absolute atomic E-state index is 12.2. The van der Waals surface area contributed by atoms with Crippen molar-refractivity contribution in [2.75, 3.05) is 13.6 Å². The highest BCUT2D eigenvalue weighted by Gasteiger charge is 2.18. The van der Waals surface area contributed by atoms with Gasteiger partial charge in [-0.05, 0) is 26.0 Å². The number of hydrogen-bond donors (Lipinski definition) is 1. The molecule has 0 aliphatic heterocycles. The Morgan fingerprint density at radius 2 is 1.95 bits per heavy atom. The number of hydrogen-bond acceptors (Lipinski definition) is 2. The van der Waals surface area contributed by atoms with E-state index < -0.39 is 0 Å². The van der Waals surface area contributed by atoms with Crippen LogP contribution in [-0.2, 0) is 11.3 Å². The zero-order valence-electron chi connectivity index (χ0n) is 12.1. The van der Waals surface area contributed by atoms with Crippen LogP contribution < -0.4 is 5.32 Å². The van der Waals surface area contributed by atoms with Crippen LogP contribution in [0.5, 0.6) is 0 Å². The maximum atomic E-state index is 12.2. The molecule has 0 heterocycles. The van der Waals surface area contributed by atoms with Gasteiger partial charge in [-0.3, -0.25) is 4.79 Å². The van der Waals surface area contributed by atoms with E-state index >= 15 is 0 Å². The Hall–Kier alpha value is -1.06. The fourth-order valence-electron chi connectivity index (χ4n) is 1.87. The standard InChI is InChI=1S/C15H24N2O.ClH/c1-4-13(2)17(15(18)10-11-16-3)12-14-8-6-5-7-9-14;/h5-9,13,16H,4,10-12H2,1-3H3;1H. The number of nitrogens with one attached hydrogen (secondary N) is 1. The van der Waals surface area contributed by atoms with Crippen LogP contribution in [0.3, 0.4) is 0 Å². The maximum Gasteiger partial charge on any atom is 0.224 e. The highest BCUT2D eigenvalue weighted by atomic mass is 35.5. The molecule has 0 aliphatic rings. The molecule has 1 N–H and O–H groups in total. The molecular formula is C15H25ClN2O. The molecule has 1 aromatic rings. The summed E-state index contributed by atoms with van der Waals surface area (Å²) in [4.78, 5) is 14.2. The van der Waals surface area contributed by atoms with Crippen molar-refractivity contribution in [3.63, 3.8) is 0 Å². The summed E-state index contributed by atoms with van der Waals surface area (Å²) in [6.45, 7) is 5.67. The zero-order chi connectivity index (χ0) is 13.4. The fourth-order valence-corrected chi connectivity index (χ4v) is 1.87. The predicted molar refractivity (Wildman–Crippen MR) is 82.5 cm³/mol. The topological polar surface area (TPSA) is 32.3 Å². The Bertz CT molecular complexity index is 356. The van der Waals surface area contributed by atoms with Crippen LogP contribution >= 0.6 is 12.4 Å². The van der Waals surface area contributed by atoms with E-state index in [9.17, 15) is 4.79 Å². The number of carbonyl (C=O) groups excluding carboxylic acids is 1. The third-order valence-electron chi connectivity index (χ3n) is 3.23. The van der Waals surface area contributed by atoms with E-state index in [2.05, 4.69) is 31.3 Å². The Labute approximate surface area is 122 Å². The number of rotatable bonds is 7. The third kappa shape index (κ3) is 6.08. The summed E-state index contributed by atoms with van der Waals surface area (Å²) in [5, 5.41) is 3.03. The molecular weight excluding hydrogens is 260 g/mol. The molecule has 1 rings (SSSR count). The fraction of sp³-hybridized carbons (Fsp3) is 0.533. The Kier molecular flexibility index (Phi) is 9.27. The van der Waals surface area contributed by atoms with Crippen molar-refractivity contribution in [2.24, 2.45) is 0 Å². The SMILES string of the molecule is CCC(C)N(Cc1ccccc1)C(=O)CCNC.Cl. The highest BCUT2D eigenvalue weighted by molar-refractivity contribution is 5.85. The van der Waals surface area contributed by atoms with Gasteiger partial charge >= 0.3 is 0 Å². The number of carbonyl (C=O) groups is 1. The summed E-state index contributed by atoms with van der Waals surface area (Å²) >= 11 is 0. The summed E-state index contributed by atoms with van der Waals surface area (Å²) in [6, 6.07) is 10.5. The van der Waals surface area contributed by atoms with Gasteiger partial charge in [-0.25, -0.2) is 0 Å². The van der Waals surface area contributed by atoms with Crippen LogP contribution in [0.4, 0.5) is 0 Å². The van der Waals surface area contributed by atoms with E-state index in [1.807, 2.05) is 30.1 Å². The molecule has 4 heteroatoms. The Morgan fingerprint density at radius 3 is 2.47 bits per heavy atom. The Morgan fingerprint density at radius 1 is 1.32 bits per heavy atom. The first kappa shape index (κ1) is 17.9. The van der Waals surface area contributed by atoms with Crippen LogP contribution in [0, 0.1) is 0 Å². The molecule has 1 aromatic carbocycles. The van der Waals surface area contributed by atoms with Gasteiger partial charge in [0.15, 0.2) is 0 Å². The van der Waals surface area contributed by atoms with Crippen LogP contribution in [0.2, 0.25) is 0 Å². The lowest BCUT2D eigenvalue weighted by Gasteiger charge is -2.29. The second kappa shape index (κ2) is 9.82. The molecule has 0 bridgehead atoms. The summed E-state index contributed by atoms with van der Waals surface area (Å²) in [7, 11) is 1.87. The van der Waals surface area contributed by atoms with Gasteiger partial charge in [0.2, 0.25) is 5.91 Å². The molecule has 0 fully saturated rings. The zero-order valence-corrected chi connectivity index (χ0v) is 12.9. The van der Waals surface area contributed by atoms with Crippen molar-refractivity contribution < 1.29 is 4.79 Å². The second-order valence-corrected chi connectivity index (χ2v) is 4.62. The number of nitrogens with zero attached hydrogens (tertiary/aromatic N) is 1. The van der Waals surface area contributed by atoms with Gasteiger partial charge in [-0.15, -0.1) is 12.4 Å². The summed E-state index contributed by atoms with van der Waals surface area (Å²) in [5.74, 6) is 0.225. The molecule has 3 nitrogen and oxygen atoms in total. The average Bonchev–Trinajstić information content (AvgIpc) is 2.42. The van der Waals surface area contributed by atoms with Crippen molar-refractivity contribution >= 4 is 18.3 Å². The van der Waals surface area contributed by atoms with E-state index in [4.69, 9.17) is 0 Å². The van der Waals surface area contributed by atoms with E-state index in [1.54, 1.807) is 0 Å². The van der Waals surface area contributed by atoms with Gasteiger partial charge in [0.1, 0.15) is 0 Å².